The molecule has 0 bridgehead atoms. The molecule has 0 amide bonds. The topological polar surface area (TPSA) is 29.5 Å². The summed E-state index contributed by atoms with van der Waals surface area (Å²) in [5, 5.41) is 10.1. The van der Waals surface area contributed by atoms with Crippen molar-refractivity contribution in [2.75, 3.05) is 6.61 Å². The predicted molar refractivity (Wildman–Crippen MR) is 78.5 cm³/mol. The Morgan fingerprint density at radius 3 is 2.53 bits per heavy atom. The van der Waals surface area contributed by atoms with Gasteiger partial charge < -0.3 is 9.84 Å². The highest BCUT2D eigenvalue weighted by molar-refractivity contribution is 5.13. The monoisotopic (exact) mass is 260 g/mol. The van der Waals surface area contributed by atoms with Crippen LogP contribution in [0.3, 0.4) is 0 Å². The lowest BCUT2D eigenvalue weighted by molar-refractivity contribution is 0.0150. The molecule has 2 nitrogen and oxygen atoms in total. The number of ether oxygens (including phenoxy) is 1. The minimum atomic E-state index is -0.435. The van der Waals surface area contributed by atoms with Gasteiger partial charge in [-0.05, 0) is 12.5 Å². The molecule has 0 aromatic heterocycles. The van der Waals surface area contributed by atoms with E-state index in [1.807, 2.05) is 51.1 Å². The van der Waals surface area contributed by atoms with Gasteiger partial charge in [-0.1, -0.05) is 50.1 Å². The maximum Gasteiger partial charge on any atom is 0.0722 e. The molecular weight excluding hydrogens is 236 g/mol. The van der Waals surface area contributed by atoms with Gasteiger partial charge in [-0.3, -0.25) is 0 Å². The van der Waals surface area contributed by atoms with Crippen molar-refractivity contribution in [1.82, 2.24) is 0 Å². The summed E-state index contributed by atoms with van der Waals surface area (Å²) in [6.07, 6.45) is 0.394. The van der Waals surface area contributed by atoms with E-state index in [-0.39, 0.29) is 11.8 Å². The van der Waals surface area contributed by atoms with Crippen molar-refractivity contribution in [3.8, 4) is 11.8 Å². The summed E-state index contributed by atoms with van der Waals surface area (Å²) in [6.45, 7) is 7.11. The zero-order valence-corrected chi connectivity index (χ0v) is 12.1. The maximum atomic E-state index is 10.1. The lowest BCUT2D eigenvalue weighted by atomic mass is 9.94. The molecule has 0 radical (unpaired) electrons. The smallest absolute Gasteiger partial charge is 0.0722 e. The Morgan fingerprint density at radius 2 is 1.89 bits per heavy atom. The fourth-order valence-corrected chi connectivity index (χ4v) is 1.88. The minimum Gasteiger partial charge on any atom is -0.391 e. The van der Waals surface area contributed by atoms with E-state index in [4.69, 9.17) is 4.74 Å². The average molecular weight is 260 g/mol. The molecule has 0 saturated carbocycles. The summed E-state index contributed by atoms with van der Waals surface area (Å²) in [7, 11) is 0. The fraction of sp³-hybridized carbons (Fsp3) is 0.529. The lowest BCUT2D eigenvalue weighted by Crippen LogP contribution is -2.28. The summed E-state index contributed by atoms with van der Waals surface area (Å²) in [6, 6.07) is 10.1. The van der Waals surface area contributed by atoms with Gasteiger partial charge in [0.15, 0.2) is 0 Å². The van der Waals surface area contributed by atoms with E-state index in [2.05, 4.69) is 11.8 Å². The van der Waals surface area contributed by atoms with Crippen molar-refractivity contribution >= 4 is 0 Å². The molecule has 0 heterocycles. The number of hydrogen-bond donors (Lipinski definition) is 1. The first-order valence-corrected chi connectivity index (χ1v) is 6.93. The average Bonchev–Trinajstić information content (AvgIpc) is 2.44. The van der Waals surface area contributed by atoms with E-state index in [9.17, 15) is 5.11 Å². The third-order valence-electron chi connectivity index (χ3n) is 3.09. The molecule has 104 valence electrons. The Labute approximate surface area is 116 Å². The van der Waals surface area contributed by atoms with Gasteiger partial charge >= 0.3 is 0 Å². The quantitative estimate of drug-likeness (QED) is 0.796. The molecule has 1 rings (SSSR count). The molecule has 0 fully saturated rings. The highest BCUT2D eigenvalue weighted by atomic mass is 16.5. The van der Waals surface area contributed by atoms with E-state index >= 15 is 0 Å². The van der Waals surface area contributed by atoms with Crippen LogP contribution in [0.4, 0.5) is 0 Å². The summed E-state index contributed by atoms with van der Waals surface area (Å²) in [5.74, 6) is 6.16. The van der Waals surface area contributed by atoms with Crippen LogP contribution in [0.5, 0.6) is 0 Å². The second-order valence-electron chi connectivity index (χ2n) is 4.93. The van der Waals surface area contributed by atoms with Gasteiger partial charge in [-0.15, -0.1) is 5.92 Å². The summed E-state index contributed by atoms with van der Waals surface area (Å²) < 4.78 is 5.65. The van der Waals surface area contributed by atoms with Gasteiger partial charge in [0.05, 0.1) is 19.3 Å². The Hall–Kier alpha value is -1.30. The first-order chi connectivity index (χ1) is 9.15. The summed E-state index contributed by atoms with van der Waals surface area (Å²) in [4.78, 5) is 0. The van der Waals surface area contributed by atoms with E-state index in [0.29, 0.717) is 13.2 Å². The predicted octanol–water partition coefficient (Wildman–Crippen LogP) is 3.25. The first kappa shape index (κ1) is 15.8. The molecule has 2 heteroatoms. The third kappa shape index (κ3) is 5.92. The van der Waals surface area contributed by atoms with Gasteiger partial charge in [0.1, 0.15) is 0 Å². The van der Waals surface area contributed by atoms with E-state index < -0.39 is 6.10 Å². The van der Waals surface area contributed by atoms with E-state index in [0.717, 1.165) is 12.0 Å². The number of benzene rings is 1. The highest BCUT2D eigenvalue weighted by Crippen LogP contribution is 2.13. The lowest BCUT2D eigenvalue weighted by Gasteiger charge is -2.21. The van der Waals surface area contributed by atoms with Gasteiger partial charge in [0.25, 0.3) is 0 Å². The molecule has 1 N–H and O–H groups in total. The van der Waals surface area contributed by atoms with Gasteiger partial charge in [0, 0.05) is 18.3 Å². The number of hydrogen-bond acceptors (Lipinski definition) is 2. The summed E-state index contributed by atoms with van der Waals surface area (Å²) in [5.41, 5.74) is 1.16. The second kappa shape index (κ2) is 8.74. The normalized spacial score (nSPS) is 15.2. The third-order valence-corrected chi connectivity index (χ3v) is 3.09. The molecular formula is C17H24O2. The first-order valence-electron chi connectivity index (χ1n) is 6.93. The highest BCUT2D eigenvalue weighted by Gasteiger charge is 2.19. The van der Waals surface area contributed by atoms with Crippen LogP contribution in [0, 0.1) is 23.7 Å². The van der Waals surface area contributed by atoms with Gasteiger partial charge in [0.2, 0.25) is 0 Å². The zero-order chi connectivity index (χ0) is 14.1. The molecule has 0 spiro atoms. The van der Waals surface area contributed by atoms with Crippen LogP contribution >= 0.6 is 0 Å². The Morgan fingerprint density at radius 1 is 1.21 bits per heavy atom. The Kier molecular flexibility index (Phi) is 7.25. The molecule has 0 unspecified atom stereocenters. The van der Waals surface area contributed by atoms with Crippen molar-refractivity contribution in [3.63, 3.8) is 0 Å². The van der Waals surface area contributed by atoms with Crippen LogP contribution in [-0.4, -0.2) is 17.8 Å². The standard InChI is InChI=1S/C17H24O2/c1-4-5-9-14(2)17(18)15(3)12-19-13-16-10-7-6-8-11-16/h6-8,10-11,14-15,17-18H,4,12-13H2,1-3H3/t14-,15+,17-/m1/s1. The maximum absolute atomic E-state index is 10.1. The molecule has 19 heavy (non-hydrogen) atoms. The molecule has 1 aromatic carbocycles. The molecule has 0 aliphatic carbocycles. The second-order valence-corrected chi connectivity index (χ2v) is 4.93. The Balaban J connectivity index is 2.32. The van der Waals surface area contributed by atoms with Crippen LogP contribution in [-0.2, 0) is 11.3 Å². The van der Waals surface area contributed by atoms with Crippen LogP contribution in [0.1, 0.15) is 32.8 Å². The van der Waals surface area contributed by atoms with Gasteiger partial charge in [-0.2, -0.15) is 0 Å². The van der Waals surface area contributed by atoms with Crippen LogP contribution in [0.2, 0.25) is 0 Å². The fourth-order valence-electron chi connectivity index (χ4n) is 1.88. The van der Waals surface area contributed by atoms with Crippen molar-refractivity contribution in [1.29, 1.82) is 0 Å². The van der Waals surface area contributed by atoms with Crippen LogP contribution in [0.15, 0.2) is 30.3 Å². The molecule has 0 aliphatic heterocycles. The van der Waals surface area contributed by atoms with E-state index in [1.54, 1.807) is 0 Å². The Bertz CT molecular complexity index is 402. The van der Waals surface area contributed by atoms with E-state index in [1.165, 1.54) is 0 Å². The molecule has 0 aliphatic rings. The molecule has 1 aromatic rings. The van der Waals surface area contributed by atoms with Crippen molar-refractivity contribution < 1.29 is 9.84 Å². The minimum absolute atomic E-state index is 0.00437. The SMILES string of the molecule is CCC#C[C@@H](C)[C@@H](O)[C@@H](C)COCc1ccccc1. The van der Waals surface area contributed by atoms with Gasteiger partial charge in [-0.25, -0.2) is 0 Å². The van der Waals surface area contributed by atoms with Crippen LogP contribution < -0.4 is 0 Å². The van der Waals surface area contributed by atoms with Crippen molar-refractivity contribution in [2.24, 2.45) is 11.8 Å². The molecule has 3 atom stereocenters. The van der Waals surface area contributed by atoms with Crippen molar-refractivity contribution in [2.45, 2.75) is 39.9 Å². The zero-order valence-electron chi connectivity index (χ0n) is 12.1. The number of aliphatic hydroxyl groups excluding tert-OH is 1. The molecule has 0 saturated heterocycles. The van der Waals surface area contributed by atoms with Crippen LogP contribution in [0.25, 0.3) is 0 Å². The van der Waals surface area contributed by atoms with Crippen molar-refractivity contribution in [3.05, 3.63) is 35.9 Å². The number of aliphatic hydroxyl groups is 1. The number of rotatable bonds is 6. The summed E-state index contributed by atoms with van der Waals surface area (Å²) >= 11 is 0. The largest absolute Gasteiger partial charge is 0.391 e.